The summed E-state index contributed by atoms with van der Waals surface area (Å²) < 4.78 is 10.7. The van der Waals surface area contributed by atoms with Crippen molar-refractivity contribution in [2.75, 3.05) is 19.4 Å². The summed E-state index contributed by atoms with van der Waals surface area (Å²) in [6.07, 6.45) is 0.428. The normalized spacial score (nSPS) is 18.1. The number of hydrogen-bond acceptors (Lipinski definition) is 4. The molecule has 1 amide bonds. The van der Waals surface area contributed by atoms with E-state index in [9.17, 15) is 4.79 Å². The Kier molecular flexibility index (Phi) is 4.03. The summed E-state index contributed by atoms with van der Waals surface area (Å²) in [7, 11) is 1.61. The highest BCUT2D eigenvalue weighted by Gasteiger charge is 2.32. The van der Waals surface area contributed by atoms with Crippen molar-refractivity contribution in [2.45, 2.75) is 45.8 Å². The van der Waals surface area contributed by atoms with Gasteiger partial charge < -0.3 is 20.1 Å². The number of rotatable bonds is 1. The van der Waals surface area contributed by atoms with Gasteiger partial charge in [0, 0.05) is 6.54 Å². The summed E-state index contributed by atoms with van der Waals surface area (Å²) in [5.74, 6) is 0.687. The van der Waals surface area contributed by atoms with Crippen LogP contribution in [0.15, 0.2) is 12.1 Å². The number of benzene rings is 1. The highest BCUT2D eigenvalue weighted by molar-refractivity contribution is 5.71. The van der Waals surface area contributed by atoms with Crippen molar-refractivity contribution in [3.05, 3.63) is 23.3 Å². The van der Waals surface area contributed by atoms with E-state index in [4.69, 9.17) is 15.2 Å². The van der Waals surface area contributed by atoms with Gasteiger partial charge in [0.1, 0.15) is 11.4 Å². The van der Waals surface area contributed by atoms with Gasteiger partial charge in [0.05, 0.1) is 18.8 Å². The maximum absolute atomic E-state index is 12.3. The Morgan fingerprint density at radius 2 is 2.05 bits per heavy atom. The zero-order valence-electron chi connectivity index (χ0n) is 13.4. The van der Waals surface area contributed by atoms with E-state index in [1.54, 1.807) is 12.0 Å². The van der Waals surface area contributed by atoms with E-state index in [0.717, 1.165) is 11.1 Å². The molecule has 1 aromatic carbocycles. The predicted molar refractivity (Wildman–Crippen MR) is 82.5 cm³/mol. The number of nitrogen functional groups attached to an aromatic ring is 1. The van der Waals surface area contributed by atoms with Crippen LogP contribution in [0.3, 0.4) is 0 Å². The second-order valence-corrected chi connectivity index (χ2v) is 6.35. The Labute approximate surface area is 126 Å². The standard InChI is InChI=1S/C16H24N2O3/c1-10-11-6-7-13(20-5)14(17)12(11)8-9-18(10)15(19)21-16(2,3)4/h6-7,10H,8-9,17H2,1-5H3. The van der Waals surface area contributed by atoms with Crippen molar-refractivity contribution in [1.82, 2.24) is 4.90 Å². The number of nitrogens with two attached hydrogens (primary N) is 1. The first-order valence-electron chi connectivity index (χ1n) is 7.19. The Morgan fingerprint density at radius 3 is 2.62 bits per heavy atom. The molecule has 0 aliphatic carbocycles. The van der Waals surface area contributed by atoms with Gasteiger partial charge in [-0.25, -0.2) is 4.79 Å². The molecule has 0 aromatic heterocycles. The molecule has 0 saturated heterocycles. The van der Waals surface area contributed by atoms with Crippen molar-refractivity contribution in [3.63, 3.8) is 0 Å². The lowest BCUT2D eigenvalue weighted by molar-refractivity contribution is 0.0160. The molecule has 5 heteroatoms. The van der Waals surface area contributed by atoms with Gasteiger partial charge in [-0.15, -0.1) is 0 Å². The van der Waals surface area contributed by atoms with Crippen LogP contribution in [0, 0.1) is 0 Å². The van der Waals surface area contributed by atoms with Gasteiger partial charge in [0.15, 0.2) is 0 Å². The van der Waals surface area contributed by atoms with Crippen LogP contribution in [0.2, 0.25) is 0 Å². The van der Waals surface area contributed by atoms with E-state index < -0.39 is 5.60 Å². The highest BCUT2D eigenvalue weighted by atomic mass is 16.6. The molecule has 0 radical (unpaired) electrons. The lowest BCUT2D eigenvalue weighted by Gasteiger charge is -2.37. The monoisotopic (exact) mass is 292 g/mol. The number of methoxy groups -OCH3 is 1. The maximum Gasteiger partial charge on any atom is 0.410 e. The topological polar surface area (TPSA) is 64.8 Å². The Morgan fingerprint density at radius 1 is 1.38 bits per heavy atom. The summed E-state index contributed by atoms with van der Waals surface area (Å²) in [6, 6.07) is 3.77. The maximum atomic E-state index is 12.3. The summed E-state index contributed by atoms with van der Waals surface area (Å²) in [5, 5.41) is 0. The molecule has 0 saturated carbocycles. The van der Waals surface area contributed by atoms with Gasteiger partial charge in [-0.05, 0) is 51.3 Å². The minimum absolute atomic E-state index is 0.0585. The smallest absolute Gasteiger partial charge is 0.410 e. The molecule has 1 atom stereocenters. The molecule has 1 heterocycles. The summed E-state index contributed by atoms with van der Waals surface area (Å²) in [6.45, 7) is 8.21. The van der Waals surface area contributed by atoms with E-state index in [1.807, 2.05) is 39.8 Å². The van der Waals surface area contributed by atoms with Crippen LogP contribution in [0.25, 0.3) is 0 Å². The molecule has 116 valence electrons. The number of fused-ring (bicyclic) bond motifs is 1. The molecule has 2 N–H and O–H groups in total. The van der Waals surface area contributed by atoms with Crippen molar-refractivity contribution in [2.24, 2.45) is 0 Å². The molecular formula is C16H24N2O3. The Hall–Kier alpha value is -1.91. The van der Waals surface area contributed by atoms with Crippen LogP contribution in [-0.2, 0) is 11.2 Å². The average molecular weight is 292 g/mol. The number of amides is 1. The zero-order valence-corrected chi connectivity index (χ0v) is 13.4. The van der Waals surface area contributed by atoms with Crippen LogP contribution in [0.1, 0.15) is 44.9 Å². The van der Waals surface area contributed by atoms with Crippen molar-refractivity contribution in [1.29, 1.82) is 0 Å². The zero-order chi connectivity index (χ0) is 15.8. The van der Waals surface area contributed by atoms with Crippen LogP contribution < -0.4 is 10.5 Å². The molecule has 1 unspecified atom stereocenters. The van der Waals surface area contributed by atoms with Crippen LogP contribution in [-0.4, -0.2) is 30.2 Å². The van der Waals surface area contributed by atoms with Crippen LogP contribution >= 0.6 is 0 Å². The molecule has 21 heavy (non-hydrogen) atoms. The predicted octanol–water partition coefficient (Wildman–Crippen LogP) is 3.13. The van der Waals surface area contributed by atoms with Crippen molar-refractivity contribution >= 4 is 11.8 Å². The van der Waals surface area contributed by atoms with Gasteiger partial charge in [0.2, 0.25) is 0 Å². The molecular weight excluding hydrogens is 268 g/mol. The molecule has 0 bridgehead atoms. The summed E-state index contributed by atoms with van der Waals surface area (Å²) in [4.78, 5) is 14.0. The van der Waals surface area contributed by atoms with Crippen molar-refractivity contribution < 1.29 is 14.3 Å². The lowest BCUT2D eigenvalue weighted by Crippen LogP contribution is -2.42. The number of carbonyl (C=O) groups is 1. The second kappa shape index (κ2) is 5.47. The number of ether oxygens (including phenoxy) is 2. The fraction of sp³-hybridized carbons (Fsp3) is 0.562. The molecule has 1 aromatic rings. The Balaban J connectivity index is 2.27. The molecule has 1 aliphatic heterocycles. The van der Waals surface area contributed by atoms with E-state index in [1.165, 1.54) is 0 Å². The first kappa shape index (κ1) is 15.5. The summed E-state index contributed by atoms with van der Waals surface area (Å²) >= 11 is 0. The Bertz CT molecular complexity index is 549. The number of nitrogens with zero attached hydrogens (tertiary/aromatic N) is 1. The van der Waals surface area contributed by atoms with Gasteiger partial charge in [-0.1, -0.05) is 6.07 Å². The van der Waals surface area contributed by atoms with E-state index in [0.29, 0.717) is 24.4 Å². The SMILES string of the molecule is COc1ccc2c(c1N)CCN(C(=O)OC(C)(C)C)C2C. The van der Waals surface area contributed by atoms with E-state index in [-0.39, 0.29) is 12.1 Å². The lowest BCUT2D eigenvalue weighted by atomic mass is 9.92. The molecule has 1 aliphatic rings. The first-order chi connectivity index (χ1) is 9.74. The molecule has 2 rings (SSSR count). The van der Waals surface area contributed by atoms with Gasteiger partial charge >= 0.3 is 6.09 Å². The third kappa shape index (κ3) is 3.06. The molecule has 0 fully saturated rings. The number of anilines is 1. The second-order valence-electron chi connectivity index (χ2n) is 6.35. The van der Waals surface area contributed by atoms with E-state index >= 15 is 0 Å². The van der Waals surface area contributed by atoms with Gasteiger partial charge in [0.25, 0.3) is 0 Å². The minimum Gasteiger partial charge on any atom is -0.495 e. The minimum atomic E-state index is -0.490. The van der Waals surface area contributed by atoms with Gasteiger partial charge in [-0.3, -0.25) is 0 Å². The number of hydrogen-bond donors (Lipinski definition) is 1. The largest absolute Gasteiger partial charge is 0.495 e. The fourth-order valence-corrected chi connectivity index (χ4v) is 2.67. The summed E-state index contributed by atoms with van der Waals surface area (Å²) in [5.41, 5.74) is 8.45. The quantitative estimate of drug-likeness (QED) is 0.808. The highest BCUT2D eigenvalue weighted by Crippen LogP contribution is 2.37. The fourth-order valence-electron chi connectivity index (χ4n) is 2.67. The first-order valence-corrected chi connectivity index (χ1v) is 7.19. The average Bonchev–Trinajstić information content (AvgIpc) is 2.38. The third-order valence-electron chi connectivity index (χ3n) is 3.72. The van der Waals surface area contributed by atoms with Crippen LogP contribution in [0.4, 0.5) is 10.5 Å². The van der Waals surface area contributed by atoms with Crippen LogP contribution in [0.5, 0.6) is 5.75 Å². The number of carbonyl (C=O) groups excluding carboxylic acids is 1. The molecule has 0 spiro atoms. The third-order valence-corrected chi connectivity index (χ3v) is 3.72. The van der Waals surface area contributed by atoms with Crippen molar-refractivity contribution in [3.8, 4) is 5.75 Å². The molecule has 5 nitrogen and oxygen atoms in total. The van der Waals surface area contributed by atoms with E-state index in [2.05, 4.69) is 0 Å². The van der Waals surface area contributed by atoms with Gasteiger partial charge in [-0.2, -0.15) is 0 Å².